The van der Waals surface area contributed by atoms with Gasteiger partial charge in [0.25, 0.3) is 0 Å². The van der Waals surface area contributed by atoms with Gasteiger partial charge in [-0.2, -0.15) is 0 Å². The van der Waals surface area contributed by atoms with E-state index in [2.05, 4.69) is 20.3 Å². The molecule has 1 aromatic carbocycles. The fourth-order valence-corrected chi connectivity index (χ4v) is 4.13. The van der Waals surface area contributed by atoms with Crippen LogP contribution in [0.25, 0.3) is 0 Å². The molecule has 166 valence electrons. The number of methoxy groups -OCH3 is 1. The highest BCUT2D eigenvalue weighted by atomic mass is 35.5. The topological polar surface area (TPSA) is 121 Å². The molecule has 2 saturated heterocycles. The molecule has 0 spiro atoms. The van der Waals surface area contributed by atoms with E-state index in [1.165, 1.54) is 12.8 Å². The van der Waals surface area contributed by atoms with Crippen LogP contribution in [0.5, 0.6) is 0 Å². The van der Waals surface area contributed by atoms with E-state index in [0.29, 0.717) is 12.3 Å². The molecule has 0 bridgehead atoms. The van der Waals surface area contributed by atoms with E-state index in [-0.39, 0.29) is 48.5 Å². The van der Waals surface area contributed by atoms with Crippen LogP contribution in [0.2, 0.25) is 0 Å². The highest BCUT2D eigenvalue weighted by molar-refractivity contribution is 5.95. The Morgan fingerprint density at radius 1 is 1.27 bits per heavy atom. The lowest BCUT2D eigenvalue weighted by Crippen LogP contribution is -2.41. The van der Waals surface area contributed by atoms with Crippen molar-refractivity contribution in [2.75, 3.05) is 38.2 Å². The summed E-state index contributed by atoms with van der Waals surface area (Å²) in [6.07, 6.45) is 3.06. The van der Waals surface area contributed by atoms with Crippen LogP contribution < -0.4 is 21.3 Å². The van der Waals surface area contributed by atoms with Gasteiger partial charge in [0.15, 0.2) is 0 Å². The maximum atomic E-state index is 12.0. The van der Waals surface area contributed by atoms with E-state index in [4.69, 9.17) is 11.1 Å². The Bertz CT molecular complexity index is 735. The van der Waals surface area contributed by atoms with Gasteiger partial charge in [0.1, 0.15) is 5.84 Å². The molecule has 0 unspecified atom stereocenters. The Hall–Kier alpha value is -2.32. The molecule has 9 heteroatoms. The van der Waals surface area contributed by atoms with Gasteiger partial charge in [0.05, 0.1) is 19.4 Å². The van der Waals surface area contributed by atoms with Gasteiger partial charge in [-0.1, -0.05) is 0 Å². The minimum atomic E-state index is -0.332. The van der Waals surface area contributed by atoms with E-state index in [1.54, 1.807) is 0 Å². The van der Waals surface area contributed by atoms with Gasteiger partial charge in [0.2, 0.25) is 5.91 Å². The summed E-state index contributed by atoms with van der Waals surface area (Å²) in [4.78, 5) is 25.7. The van der Waals surface area contributed by atoms with Crippen LogP contribution in [0.15, 0.2) is 24.3 Å². The van der Waals surface area contributed by atoms with Crippen LogP contribution in [0.4, 0.5) is 5.69 Å². The number of ether oxygens (including phenoxy) is 1. The average molecular weight is 438 g/mol. The Kier molecular flexibility index (Phi) is 8.92. The van der Waals surface area contributed by atoms with Crippen molar-refractivity contribution in [3.05, 3.63) is 29.8 Å². The SMILES string of the molecule is COC(=O)C[C@@H]1C[C@@H](CNCC2CCN(c3ccc(C(=N)N)cc3)CC2)NC1=O.Cl. The molecule has 1 amide bonds. The van der Waals surface area contributed by atoms with E-state index >= 15 is 0 Å². The third-order valence-corrected chi connectivity index (χ3v) is 5.91. The van der Waals surface area contributed by atoms with Crippen LogP contribution in [0, 0.1) is 17.2 Å². The molecule has 0 aromatic heterocycles. The van der Waals surface area contributed by atoms with E-state index in [9.17, 15) is 9.59 Å². The lowest BCUT2D eigenvalue weighted by molar-refractivity contribution is -0.143. The number of hydrogen-bond acceptors (Lipinski definition) is 6. The summed E-state index contributed by atoms with van der Waals surface area (Å²) in [5.74, 6) is 0.0572. The van der Waals surface area contributed by atoms with Crippen LogP contribution in [-0.2, 0) is 14.3 Å². The number of nitrogens with one attached hydrogen (secondary N) is 3. The number of hydrogen-bond donors (Lipinski definition) is 4. The summed E-state index contributed by atoms with van der Waals surface area (Å²) in [5.41, 5.74) is 7.44. The second-order valence-corrected chi connectivity index (χ2v) is 7.97. The summed E-state index contributed by atoms with van der Waals surface area (Å²) < 4.78 is 4.66. The van der Waals surface area contributed by atoms with E-state index in [0.717, 1.165) is 44.6 Å². The number of esters is 1. The first-order valence-electron chi connectivity index (χ1n) is 10.2. The molecule has 2 aliphatic heterocycles. The zero-order chi connectivity index (χ0) is 20.8. The number of amidine groups is 1. The number of nitrogens with zero attached hydrogens (tertiary/aromatic N) is 1. The van der Waals surface area contributed by atoms with Crippen molar-refractivity contribution in [1.82, 2.24) is 10.6 Å². The first kappa shape index (κ1) is 24.0. The number of carbonyl (C=O) groups excluding carboxylic acids is 2. The molecular weight excluding hydrogens is 406 g/mol. The van der Waals surface area contributed by atoms with Crippen LogP contribution in [-0.4, -0.2) is 57.0 Å². The Labute approximate surface area is 183 Å². The highest BCUT2D eigenvalue weighted by Crippen LogP contribution is 2.24. The van der Waals surface area contributed by atoms with Crippen molar-refractivity contribution >= 4 is 35.8 Å². The molecule has 2 heterocycles. The van der Waals surface area contributed by atoms with Gasteiger partial charge in [-0.05, 0) is 56.0 Å². The first-order valence-corrected chi connectivity index (χ1v) is 10.2. The molecule has 8 nitrogen and oxygen atoms in total. The molecule has 30 heavy (non-hydrogen) atoms. The lowest BCUT2D eigenvalue weighted by Gasteiger charge is -2.34. The predicted molar refractivity (Wildman–Crippen MR) is 119 cm³/mol. The third-order valence-electron chi connectivity index (χ3n) is 5.91. The number of piperidine rings is 1. The zero-order valence-corrected chi connectivity index (χ0v) is 18.2. The van der Waals surface area contributed by atoms with Crippen molar-refractivity contribution in [2.45, 2.75) is 31.7 Å². The molecule has 2 aliphatic rings. The second kappa shape index (κ2) is 11.2. The molecule has 0 aliphatic carbocycles. The molecule has 5 N–H and O–H groups in total. The van der Waals surface area contributed by atoms with Gasteiger partial charge in [-0.15, -0.1) is 12.4 Å². The molecule has 2 fully saturated rings. The Balaban J connectivity index is 0.00000320. The Morgan fingerprint density at radius 3 is 2.53 bits per heavy atom. The summed E-state index contributed by atoms with van der Waals surface area (Å²) >= 11 is 0. The highest BCUT2D eigenvalue weighted by Gasteiger charge is 2.33. The molecule has 1 aromatic rings. The number of nitrogens with two attached hydrogens (primary N) is 1. The minimum Gasteiger partial charge on any atom is -0.469 e. The molecular formula is C21H32ClN5O3. The molecule has 3 rings (SSSR count). The smallest absolute Gasteiger partial charge is 0.306 e. The number of rotatable bonds is 8. The van der Waals surface area contributed by atoms with Gasteiger partial charge < -0.3 is 26.0 Å². The van der Waals surface area contributed by atoms with Gasteiger partial charge in [0, 0.05) is 36.9 Å². The quantitative estimate of drug-likeness (QED) is 0.276. The lowest BCUT2D eigenvalue weighted by atomic mass is 9.96. The number of benzene rings is 1. The van der Waals surface area contributed by atoms with Crippen LogP contribution >= 0.6 is 12.4 Å². The van der Waals surface area contributed by atoms with Gasteiger partial charge in [-0.3, -0.25) is 15.0 Å². The van der Waals surface area contributed by atoms with Gasteiger partial charge >= 0.3 is 5.97 Å². The third kappa shape index (κ3) is 6.34. The summed E-state index contributed by atoms with van der Waals surface area (Å²) in [7, 11) is 1.35. The number of halogens is 1. The maximum absolute atomic E-state index is 12.0. The summed E-state index contributed by atoms with van der Waals surface area (Å²) in [6, 6.07) is 7.94. The van der Waals surface area contributed by atoms with Crippen molar-refractivity contribution in [2.24, 2.45) is 17.6 Å². The molecule has 0 saturated carbocycles. The van der Waals surface area contributed by atoms with Crippen molar-refractivity contribution in [3.8, 4) is 0 Å². The fraction of sp³-hybridized carbons (Fsp3) is 0.571. The summed E-state index contributed by atoms with van der Waals surface area (Å²) in [5, 5.41) is 13.9. The maximum Gasteiger partial charge on any atom is 0.306 e. The fourth-order valence-electron chi connectivity index (χ4n) is 4.13. The van der Waals surface area contributed by atoms with Crippen LogP contribution in [0.1, 0.15) is 31.2 Å². The number of carbonyl (C=O) groups is 2. The first-order chi connectivity index (χ1) is 14.0. The average Bonchev–Trinajstić information content (AvgIpc) is 3.07. The Morgan fingerprint density at radius 2 is 1.93 bits per heavy atom. The van der Waals surface area contributed by atoms with Crippen molar-refractivity contribution < 1.29 is 14.3 Å². The van der Waals surface area contributed by atoms with E-state index in [1.807, 2.05) is 24.3 Å². The zero-order valence-electron chi connectivity index (χ0n) is 17.4. The monoisotopic (exact) mass is 437 g/mol. The number of nitrogen functional groups attached to an aromatic ring is 1. The largest absolute Gasteiger partial charge is 0.469 e. The second-order valence-electron chi connectivity index (χ2n) is 7.97. The minimum absolute atomic E-state index is 0. The normalized spacial score (nSPS) is 21.6. The van der Waals surface area contributed by atoms with Crippen molar-refractivity contribution in [1.29, 1.82) is 5.41 Å². The number of amides is 1. The predicted octanol–water partition coefficient (Wildman–Crippen LogP) is 1.27. The van der Waals surface area contributed by atoms with Crippen LogP contribution in [0.3, 0.4) is 0 Å². The number of anilines is 1. The van der Waals surface area contributed by atoms with E-state index < -0.39 is 0 Å². The standard InChI is InChI=1S/C21H31N5O3.ClH/c1-29-19(27)11-16-10-17(25-21(16)28)13-24-12-14-6-8-26(9-7-14)18-4-2-15(3-5-18)20(22)23;/h2-5,14,16-17,24H,6-13H2,1H3,(H3,22,23)(H,25,28);1H/t16-,17-;/m0./s1. The molecule has 2 atom stereocenters. The molecule has 0 radical (unpaired) electrons. The van der Waals surface area contributed by atoms with Crippen molar-refractivity contribution in [3.63, 3.8) is 0 Å². The summed E-state index contributed by atoms with van der Waals surface area (Å²) in [6.45, 7) is 3.68. The van der Waals surface area contributed by atoms with Gasteiger partial charge in [-0.25, -0.2) is 0 Å².